The molecule has 1 aliphatic heterocycles. The van der Waals surface area contributed by atoms with Gasteiger partial charge in [-0.3, -0.25) is 9.36 Å². The number of aromatic nitrogens is 2. The smallest absolute Gasteiger partial charge is 0.264 e. The van der Waals surface area contributed by atoms with E-state index >= 15 is 0 Å². The van der Waals surface area contributed by atoms with Crippen molar-refractivity contribution in [3.8, 4) is 5.75 Å². The summed E-state index contributed by atoms with van der Waals surface area (Å²) in [5, 5.41) is 0.574. The van der Waals surface area contributed by atoms with Gasteiger partial charge in [0.25, 0.3) is 5.56 Å². The van der Waals surface area contributed by atoms with E-state index in [0.717, 1.165) is 13.0 Å². The van der Waals surface area contributed by atoms with Gasteiger partial charge >= 0.3 is 0 Å². The molecule has 1 saturated heterocycles. The minimum absolute atomic E-state index is 0.0130. The second kappa shape index (κ2) is 6.48. The number of hydrogen-bond donors (Lipinski definition) is 0. The van der Waals surface area contributed by atoms with Gasteiger partial charge in [0, 0.05) is 12.6 Å². The fourth-order valence-corrected chi connectivity index (χ4v) is 3.30. The molecule has 0 unspecified atom stereocenters. The SMILES string of the molecule is COc1cccc2ncn(CC[C@H]3CCCCN3C)c(=O)c12. The van der Waals surface area contributed by atoms with Crippen molar-refractivity contribution in [2.24, 2.45) is 0 Å². The Hall–Kier alpha value is -1.88. The fourth-order valence-electron chi connectivity index (χ4n) is 3.30. The Kier molecular flexibility index (Phi) is 4.43. The molecule has 2 heterocycles. The Morgan fingerprint density at radius 3 is 3.00 bits per heavy atom. The summed E-state index contributed by atoms with van der Waals surface area (Å²) in [4.78, 5) is 19.5. The lowest BCUT2D eigenvalue weighted by Crippen LogP contribution is -2.37. The highest BCUT2D eigenvalue weighted by Crippen LogP contribution is 2.21. The molecule has 0 N–H and O–H groups in total. The second-order valence-electron chi connectivity index (χ2n) is 6.02. The zero-order valence-electron chi connectivity index (χ0n) is 13.3. The van der Waals surface area contributed by atoms with Gasteiger partial charge in [0.1, 0.15) is 11.1 Å². The van der Waals surface area contributed by atoms with Crippen LogP contribution >= 0.6 is 0 Å². The van der Waals surface area contributed by atoms with Gasteiger partial charge in [-0.25, -0.2) is 4.98 Å². The van der Waals surface area contributed by atoms with E-state index in [0.29, 0.717) is 29.2 Å². The van der Waals surface area contributed by atoms with Gasteiger partial charge in [0.15, 0.2) is 0 Å². The predicted molar refractivity (Wildman–Crippen MR) is 87.4 cm³/mol. The summed E-state index contributed by atoms with van der Waals surface area (Å²) in [5.74, 6) is 0.596. The summed E-state index contributed by atoms with van der Waals surface area (Å²) >= 11 is 0. The van der Waals surface area contributed by atoms with Crippen LogP contribution in [0.25, 0.3) is 10.9 Å². The van der Waals surface area contributed by atoms with E-state index in [1.54, 1.807) is 18.0 Å². The number of benzene rings is 1. The molecule has 118 valence electrons. The van der Waals surface area contributed by atoms with Crippen LogP contribution in [-0.4, -0.2) is 41.2 Å². The molecule has 2 aromatic rings. The Labute approximate surface area is 130 Å². The summed E-state index contributed by atoms with van der Waals surface area (Å²) in [6.07, 6.45) is 6.43. The molecule has 0 spiro atoms. The standard InChI is InChI=1S/C17H23N3O2/c1-19-10-4-3-6-13(19)9-11-20-12-18-14-7-5-8-15(22-2)16(14)17(20)21/h5,7-8,12-13H,3-4,6,9-11H2,1-2H3/t13-/m1/s1. The fraction of sp³-hybridized carbons (Fsp3) is 0.529. The predicted octanol–water partition coefficient (Wildman–Crippen LogP) is 2.28. The van der Waals surface area contributed by atoms with Crippen molar-refractivity contribution in [2.75, 3.05) is 20.7 Å². The molecular weight excluding hydrogens is 278 g/mol. The monoisotopic (exact) mass is 301 g/mol. The minimum atomic E-state index is -0.0130. The van der Waals surface area contributed by atoms with Crippen LogP contribution < -0.4 is 10.3 Å². The Morgan fingerprint density at radius 1 is 1.36 bits per heavy atom. The first-order valence-corrected chi connectivity index (χ1v) is 7.93. The Bertz CT molecular complexity index is 711. The topological polar surface area (TPSA) is 47.4 Å². The van der Waals surface area contributed by atoms with Crippen LogP contribution in [0.1, 0.15) is 25.7 Å². The van der Waals surface area contributed by atoms with Gasteiger partial charge in [-0.15, -0.1) is 0 Å². The van der Waals surface area contributed by atoms with E-state index in [1.165, 1.54) is 19.3 Å². The number of ether oxygens (including phenoxy) is 1. The molecule has 22 heavy (non-hydrogen) atoms. The van der Waals surface area contributed by atoms with Crippen LogP contribution in [0, 0.1) is 0 Å². The first kappa shape index (κ1) is 15.0. The number of piperidine rings is 1. The van der Waals surface area contributed by atoms with E-state index < -0.39 is 0 Å². The molecule has 1 atom stereocenters. The summed E-state index contributed by atoms with van der Waals surface area (Å²) in [7, 11) is 3.76. The molecule has 5 nitrogen and oxygen atoms in total. The zero-order valence-corrected chi connectivity index (χ0v) is 13.3. The first-order chi connectivity index (χ1) is 10.7. The number of aryl methyl sites for hydroxylation is 1. The molecule has 0 amide bonds. The van der Waals surface area contributed by atoms with Crippen molar-refractivity contribution in [3.05, 3.63) is 34.9 Å². The van der Waals surface area contributed by atoms with Crippen molar-refractivity contribution in [2.45, 2.75) is 38.3 Å². The lowest BCUT2D eigenvalue weighted by molar-refractivity contribution is 0.170. The van der Waals surface area contributed by atoms with Crippen LogP contribution in [0.2, 0.25) is 0 Å². The van der Waals surface area contributed by atoms with Crippen molar-refractivity contribution >= 4 is 10.9 Å². The van der Waals surface area contributed by atoms with Crippen molar-refractivity contribution in [1.82, 2.24) is 14.5 Å². The Balaban J connectivity index is 1.85. The summed E-state index contributed by atoms with van der Waals surface area (Å²) in [5.41, 5.74) is 0.677. The number of methoxy groups -OCH3 is 1. The van der Waals surface area contributed by atoms with Crippen LogP contribution in [0.5, 0.6) is 5.75 Å². The third kappa shape index (κ3) is 2.86. The van der Waals surface area contributed by atoms with Gasteiger partial charge in [0.2, 0.25) is 0 Å². The lowest BCUT2D eigenvalue weighted by atomic mass is 10.0. The van der Waals surface area contributed by atoms with E-state index in [9.17, 15) is 4.79 Å². The number of fused-ring (bicyclic) bond motifs is 1. The second-order valence-corrected chi connectivity index (χ2v) is 6.02. The molecule has 3 rings (SSSR count). The van der Waals surface area contributed by atoms with E-state index in [2.05, 4.69) is 16.9 Å². The summed E-state index contributed by atoms with van der Waals surface area (Å²) in [6.45, 7) is 1.86. The van der Waals surface area contributed by atoms with Crippen LogP contribution in [0.3, 0.4) is 0 Å². The average Bonchev–Trinajstić information content (AvgIpc) is 2.55. The highest BCUT2D eigenvalue weighted by molar-refractivity contribution is 5.83. The lowest BCUT2D eigenvalue weighted by Gasteiger charge is -2.32. The van der Waals surface area contributed by atoms with E-state index in [-0.39, 0.29) is 5.56 Å². The van der Waals surface area contributed by atoms with Crippen molar-refractivity contribution in [1.29, 1.82) is 0 Å². The number of nitrogens with zero attached hydrogens (tertiary/aromatic N) is 3. The normalized spacial score (nSPS) is 19.5. The molecule has 1 aliphatic rings. The number of rotatable bonds is 4. The maximum absolute atomic E-state index is 12.7. The van der Waals surface area contributed by atoms with Crippen molar-refractivity contribution < 1.29 is 4.74 Å². The van der Waals surface area contributed by atoms with Crippen LogP contribution in [0.4, 0.5) is 0 Å². The molecule has 0 bridgehead atoms. The largest absolute Gasteiger partial charge is 0.496 e. The van der Waals surface area contributed by atoms with Gasteiger partial charge in [-0.05, 0) is 45.0 Å². The third-order valence-corrected chi connectivity index (χ3v) is 4.66. The van der Waals surface area contributed by atoms with Crippen molar-refractivity contribution in [3.63, 3.8) is 0 Å². The van der Waals surface area contributed by atoms with Gasteiger partial charge in [-0.1, -0.05) is 12.5 Å². The van der Waals surface area contributed by atoms with Crippen LogP contribution in [-0.2, 0) is 6.54 Å². The highest BCUT2D eigenvalue weighted by atomic mass is 16.5. The van der Waals surface area contributed by atoms with Crippen LogP contribution in [0.15, 0.2) is 29.3 Å². The molecule has 5 heteroatoms. The molecule has 1 fully saturated rings. The highest BCUT2D eigenvalue weighted by Gasteiger charge is 2.19. The summed E-state index contributed by atoms with van der Waals surface area (Å²) in [6, 6.07) is 6.08. The van der Waals surface area contributed by atoms with Gasteiger partial charge < -0.3 is 9.64 Å². The van der Waals surface area contributed by atoms with E-state index in [1.807, 2.05) is 18.2 Å². The quantitative estimate of drug-likeness (QED) is 0.869. The average molecular weight is 301 g/mol. The van der Waals surface area contributed by atoms with Gasteiger partial charge in [0.05, 0.1) is 19.0 Å². The maximum atomic E-state index is 12.7. The summed E-state index contributed by atoms with van der Waals surface area (Å²) < 4.78 is 7.03. The van der Waals surface area contributed by atoms with E-state index in [4.69, 9.17) is 4.74 Å². The third-order valence-electron chi connectivity index (χ3n) is 4.66. The molecule has 1 aromatic carbocycles. The Morgan fingerprint density at radius 2 is 2.23 bits per heavy atom. The van der Waals surface area contributed by atoms with Gasteiger partial charge in [-0.2, -0.15) is 0 Å². The maximum Gasteiger partial charge on any atom is 0.264 e. The zero-order chi connectivity index (χ0) is 15.5. The molecule has 1 aromatic heterocycles. The molecule has 0 aliphatic carbocycles. The molecular formula is C17H23N3O2. The molecule has 0 radical (unpaired) electrons. The minimum Gasteiger partial charge on any atom is -0.496 e. The first-order valence-electron chi connectivity index (χ1n) is 7.93. The number of hydrogen-bond acceptors (Lipinski definition) is 4. The molecule has 0 saturated carbocycles. The number of likely N-dealkylation sites (tertiary alicyclic amines) is 1.